The second-order valence-corrected chi connectivity index (χ2v) is 3.57. The van der Waals surface area contributed by atoms with Crippen LogP contribution in [0.15, 0.2) is 23.4 Å². The molecule has 1 aromatic heterocycles. The average Bonchev–Trinajstić information content (AvgIpc) is 2.57. The van der Waals surface area contributed by atoms with Crippen LogP contribution in [0.4, 0.5) is 0 Å². The van der Waals surface area contributed by atoms with Crippen LogP contribution in [0.2, 0.25) is 0 Å². The number of aromatic nitrogens is 2. The van der Waals surface area contributed by atoms with Crippen LogP contribution in [0.3, 0.4) is 0 Å². The SMILES string of the molecule is O=c1ccn(C2O[C@H](CO)[C@@H](O)[C@H]2O)cn1. The molecular formula is C9H12N2O5. The molecule has 3 N–H and O–H groups in total. The summed E-state index contributed by atoms with van der Waals surface area (Å²) in [6.45, 7) is -0.387. The fraction of sp³-hybridized carbons (Fsp3) is 0.556. The maximum atomic E-state index is 10.8. The van der Waals surface area contributed by atoms with Crippen LogP contribution in [0.5, 0.6) is 0 Å². The summed E-state index contributed by atoms with van der Waals surface area (Å²) in [5.74, 6) is 0. The molecule has 0 saturated carbocycles. The second kappa shape index (κ2) is 4.30. The van der Waals surface area contributed by atoms with Gasteiger partial charge in [0.1, 0.15) is 24.6 Å². The minimum atomic E-state index is -1.17. The van der Waals surface area contributed by atoms with Gasteiger partial charge in [0.2, 0.25) is 0 Å². The standard InChI is InChI=1S/C9H12N2O5/c12-3-5-7(14)8(15)9(16-5)11-2-1-6(13)10-4-11/h1-2,4-5,7-9,12,14-15H,3H2/t5-,7-,8-,9?/m1/s1. The van der Waals surface area contributed by atoms with Gasteiger partial charge in [-0.25, -0.2) is 0 Å². The lowest BCUT2D eigenvalue weighted by molar-refractivity contribution is -0.0534. The first kappa shape index (κ1) is 11.2. The van der Waals surface area contributed by atoms with Gasteiger partial charge >= 0.3 is 0 Å². The Labute approximate surface area is 90.6 Å². The van der Waals surface area contributed by atoms with Crippen molar-refractivity contribution in [1.29, 1.82) is 0 Å². The van der Waals surface area contributed by atoms with Crippen molar-refractivity contribution in [3.8, 4) is 0 Å². The van der Waals surface area contributed by atoms with Gasteiger partial charge in [0.05, 0.1) is 6.61 Å². The van der Waals surface area contributed by atoms with Crippen molar-refractivity contribution in [1.82, 2.24) is 9.55 Å². The molecule has 1 aliphatic heterocycles. The van der Waals surface area contributed by atoms with Crippen molar-refractivity contribution in [2.24, 2.45) is 0 Å². The van der Waals surface area contributed by atoms with E-state index in [1.807, 2.05) is 0 Å². The van der Waals surface area contributed by atoms with E-state index in [1.54, 1.807) is 0 Å². The van der Waals surface area contributed by atoms with Crippen LogP contribution < -0.4 is 5.56 Å². The Morgan fingerprint density at radius 1 is 1.44 bits per heavy atom. The van der Waals surface area contributed by atoms with Crippen molar-refractivity contribution < 1.29 is 20.1 Å². The molecule has 16 heavy (non-hydrogen) atoms. The summed E-state index contributed by atoms with van der Waals surface area (Å²) < 4.78 is 6.60. The molecule has 2 heterocycles. The molecular weight excluding hydrogens is 216 g/mol. The predicted molar refractivity (Wildman–Crippen MR) is 51.5 cm³/mol. The Hall–Kier alpha value is -1.28. The van der Waals surface area contributed by atoms with Gasteiger partial charge in [-0.3, -0.25) is 4.79 Å². The molecule has 0 radical (unpaired) electrons. The summed E-state index contributed by atoms with van der Waals surface area (Å²) >= 11 is 0. The first-order valence-corrected chi connectivity index (χ1v) is 4.79. The van der Waals surface area contributed by atoms with E-state index in [9.17, 15) is 15.0 Å². The van der Waals surface area contributed by atoms with Crippen LogP contribution in [0, 0.1) is 0 Å². The highest BCUT2D eigenvalue weighted by atomic mass is 16.6. The molecule has 88 valence electrons. The van der Waals surface area contributed by atoms with Gasteiger partial charge < -0.3 is 24.6 Å². The maximum absolute atomic E-state index is 10.8. The van der Waals surface area contributed by atoms with E-state index >= 15 is 0 Å². The Morgan fingerprint density at radius 2 is 2.19 bits per heavy atom. The molecule has 1 aliphatic rings. The molecule has 0 amide bonds. The lowest BCUT2D eigenvalue weighted by Crippen LogP contribution is -2.33. The van der Waals surface area contributed by atoms with Gasteiger partial charge in [-0.15, -0.1) is 0 Å². The number of aliphatic hydroxyl groups is 3. The summed E-state index contributed by atoms with van der Waals surface area (Å²) in [6, 6.07) is 1.22. The Balaban J connectivity index is 2.22. The van der Waals surface area contributed by atoms with E-state index in [0.717, 1.165) is 0 Å². The molecule has 0 bridgehead atoms. The van der Waals surface area contributed by atoms with Crippen molar-refractivity contribution >= 4 is 0 Å². The summed E-state index contributed by atoms with van der Waals surface area (Å²) in [5.41, 5.74) is -0.400. The van der Waals surface area contributed by atoms with Gasteiger partial charge in [0, 0.05) is 12.3 Å². The van der Waals surface area contributed by atoms with Gasteiger partial charge in [-0.2, -0.15) is 4.98 Å². The quantitative estimate of drug-likeness (QED) is 0.533. The van der Waals surface area contributed by atoms with Crippen molar-refractivity contribution in [2.75, 3.05) is 6.61 Å². The zero-order valence-corrected chi connectivity index (χ0v) is 8.30. The number of aliphatic hydroxyl groups excluding tert-OH is 3. The monoisotopic (exact) mass is 228 g/mol. The Morgan fingerprint density at radius 3 is 2.69 bits per heavy atom. The number of rotatable bonds is 2. The highest BCUT2D eigenvalue weighted by Gasteiger charge is 2.42. The molecule has 1 aromatic rings. The molecule has 1 unspecified atom stereocenters. The molecule has 1 fully saturated rings. The summed E-state index contributed by atoms with van der Waals surface area (Å²) in [6.07, 6.45) is -1.39. The second-order valence-electron chi connectivity index (χ2n) is 3.57. The largest absolute Gasteiger partial charge is 0.394 e. The predicted octanol–water partition coefficient (Wildman–Crippen LogP) is -2.15. The maximum Gasteiger partial charge on any atom is 0.272 e. The average molecular weight is 228 g/mol. The Kier molecular flexibility index (Phi) is 3.01. The fourth-order valence-corrected chi connectivity index (χ4v) is 1.63. The molecule has 0 spiro atoms. The molecule has 0 aliphatic carbocycles. The van der Waals surface area contributed by atoms with Gasteiger partial charge in [-0.05, 0) is 0 Å². The van der Waals surface area contributed by atoms with Gasteiger partial charge in [-0.1, -0.05) is 0 Å². The van der Waals surface area contributed by atoms with Crippen LogP contribution in [-0.2, 0) is 4.74 Å². The highest BCUT2D eigenvalue weighted by molar-refractivity contribution is 4.92. The lowest BCUT2D eigenvalue weighted by atomic mass is 10.1. The van der Waals surface area contributed by atoms with E-state index in [4.69, 9.17) is 9.84 Å². The van der Waals surface area contributed by atoms with E-state index in [1.165, 1.54) is 23.2 Å². The van der Waals surface area contributed by atoms with E-state index < -0.39 is 30.1 Å². The topological polar surface area (TPSA) is 105 Å². The van der Waals surface area contributed by atoms with Crippen LogP contribution in [0.25, 0.3) is 0 Å². The molecule has 1 saturated heterocycles. The van der Waals surface area contributed by atoms with Crippen LogP contribution in [-0.4, -0.2) is 49.8 Å². The lowest BCUT2D eigenvalue weighted by Gasteiger charge is -2.17. The summed E-state index contributed by atoms with van der Waals surface area (Å²) in [4.78, 5) is 14.3. The van der Waals surface area contributed by atoms with E-state index in [2.05, 4.69) is 4.98 Å². The van der Waals surface area contributed by atoms with Gasteiger partial charge in [0.25, 0.3) is 5.56 Å². The fourth-order valence-electron chi connectivity index (χ4n) is 1.63. The minimum absolute atomic E-state index is 0.387. The van der Waals surface area contributed by atoms with Crippen LogP contribution >= 0.6 is 0 Å². The van der Waals surface area contributed by atoms with E-state index in [-0.39, 0.29) is 6.61 Å². The Bertz CT molecular complexity index is 400. The molecule has 2 rings (SSSR count). The number of ether oxygens (including phenoxy) is 1. The normalized spacial score (nSPS) is 34.2. The number of hydrogen-bond donors (Lipinski definition) is 3. The molecule has 0 aromatic carbocycles. The molecule has 7 heteroatoms. The minimum Gasteiger partial charge on any atom is -0.394 e. The third-order valence-corrected chi connectivity index (χ3v) is 2.52. The summed E-state index contributed by atoms with van der Waals surface area (Å²) in [5, 5.41) is 28.1. The first-order valence-electron chi connectivity index (χ1n) is 4.79. The smallest absolute Gasteiger partial charge is 0.272 e. The van der Waals surface area contributed by atoms with Crippen LogP contribution in [0.1, 0.15) is 6.23 Å². The van der Waals surface area contributed by atoms with Crippen molar-refractivity contribution in [2.45, 2.75) is 24.5 Å². The van der Waals surface area contributed by atoms with Crippen molar-refractivity contribution in [3.63, 3.8) is 0 Å². The number of hydrogen-bond acceptors (Lipinski definition) is 6. The third-order valence-electron chi connectivity index (χ3n) is 2.52. The number of nitrogens with zero attached hydrogens (tertiary/aromatic N) is 2. The highest BCUT2D eigenvalue weighted by Crippen LogP contribution is 2.28. The summed E-state index contributed by atoms with van der Waals surface area (Å²) in [7, 11) is 0. The van der Waals surface area contributed by atoms with E-state index in [0.29, 0.717) is 0 Å². The van der Waals surface area contributed by atoms with Crippen molar-refractivity contribution in [3.05, 3.63) is 28.9 Å². The first-order chi connectivity index (χ1) is 7.63. The molecule has 4 atom stereocenters. The third kappa shape index (κ3) is 1.85. The van der Waals surface area contributed by atoms with Gasteiger partial charge in [0.15, 0.2) is 6.23 Å². The zero-order valence-electron chi connectivity index (χ0n) is 8.30. The zero-order chi connectivity index (χ0) is 11.7. The molecule has 7 nitrogen and oxygen atoms in total.